The first-order valence-electron chi connectivity index (χ1n) is 11.8. The number of thiazole rings is 1. The number of ether oxygens (including phenoxy) is 1. The second kappa shape index (κ2) is 12.7. The van der Waals surface area contributed by atoms with Crippen LogP contribution in [0.15, 0.2) is 48.0 Å². The summed E-state index contributed by atoms with van der Waals surface area (Å²) in [4.78, 5) is 19.3. The van der Waals surface area contributed by atoms with Crippen molar-refractivity contribution in [3.05, 3.63) is 69.3 Å². The Morgan fingerprint density at radius 1 is 1.14 bits per heavy atom. The first kappa shape index (κ1) is 27.4. The third-order valence-corrected chi connectivity index (χ3v) is 7.14. The SMILES string of the molecule is CCn1cc(NC(=O)OCc2cc(Cl)cc(Cl)c2)c2cc(-c3nc(CN(CCO)CCO)cs3)ccc21. The fourth-order valence-electron chi connectivity index (χ4n) is 4.07. The number of fused-ring (bicyclic) bond motifs is 1. The van der Waals surface area contributed by atoms with Gasteiger partial charge in [0.2, 0.25) is 0 Å². The maximum absolute atomic E-state index is 12.6. The zero-order valence-corrected chi connectivity index (χ0v) is 22.6. The predicted molar refractivity (Wildman–Crippen MR) is 148 cm³/mol. The lowest BCUT2D eigenvalue weighted by Crippen LogP contribution is -2.29. The summed E-state index contributed by atoms with van der Waals surface area (Å²) in [5, 5.41) is 26.0. The number of hydrogen-bond donors (Lipinski definition) is 3. The minimum absolute atomic E-state index is 0.0210. The number of nitrogens with one attached hydrogen (secondary N) is 1. The smallest absolute Gasteiger partial charge is 0.412 e. The molecule has 0 fully saturated rings. The van der Waals surface area contributed by atoms with E-state index in [4.69, 9.17) is 32.9 Å². The van der Waals surface area contributed by atoms with Crippen LogP contribution in [0.2, 0.25) is 10.0 Å². The number of carbonyl (C=O) groups excluding carboxylic acids is 1. The van der Waals surface area contributed by atoms with Crippen molar-refractivity contribution in [3.63, 3.8) is 0 Å². The number of anilines is 1. The molecule has 37 heavy (non-hydrogen) atoms. The molecule has 0 aliphatic heterocycles. The highest BCUT2D eigenvalue weighted by molar-refractivity contribution is 7.13. The summed E-state index contributed by atoms with van der Waals surface area (Å²) in [7, 11) is 0. The van der Waals surface area contributed by atoms with Crippen molar-refractivity contribution in [2.24, 2.45) is 0 Å². The standard InChI is InChI=1S/C26H28Cl2N4O4S/c1-2-32-14-23(30-26(35)36-15-17-9-19(27)12-20(28)10-17)22-11-18(3-4-24(22)32)25-29-21(16-37-25)13-31(5-7-33)6-8-34/h3-4,9-12,14,16,33-34H,2,5-8,13,15H2,1H3,(H,30,35). The number of nitrogens with zero attached hydrogens (tertiary/aromatic N) is 3. The molecule has 0 radical (unpaired) electrons. The Hall–Kier alpha value is -2.66. The van der Waals surface area contributed by atoms with E-state index in [1.807, 2.05) is 41.6 Å². The lowest BCUT2D eigenvalue weighted by molar-refractivity contribution is 0.154. The van der Waals surface area contributed by atoms with Crippen molar-refractivity contribution in [1.29, 1.82) is 0 Å². The summed E-state index contributed by atoms with van der Waals surface area (Å²) < 4.78 is 7.46. The fraction of sp³-hybridized carbons (Fsp3) is 0.308. The van der Waals surface area contributed by atoms with Crippen LogP contribution in [0.4, 0.5) is 10.5 Å². The molecule has 0 saturated carbocycles. The Balaban J connectivity index is 1.52. The molecule has 2 heterocycles. The van der Waals surface area contributed by atoms with Crippen LogP contribution in [0.5, 0.6) is 0 Å². The molecule has 3 N–H and O–H groups in total. The molecular formula is C26H28Cl2N4O4S. The largest absolute Gasteiger partial charge is 0.444 e. The monoisotopic (exact) mass is 562 g/mol. The third-order valence-electron chi connectivity index (χ3n) is 5.77. The number of amides is 1. The van der Waals surface area contributed by atoms with E-state index in [0.717, 1.165) is 33.7 Å². The van der Waals surface area contributed by atoms with Gasteiger partial charge in [0.05, 0.1) is 30.1 Å². The van der Waals surface area contributed by atoms with Gasteiger partial charge in [-0.15, -0.1) is 11.3 Å². The van der Waals surface area contributed by atoms with Crippen LogP contribution in [0.1, 0.15) is 18.2 Å². The van der Waals surface area contributed by atoms with Gasteiger partial charge in [-0.25, -0.2) is 9.78 Å². The Kier molecular flexibility index (Phi) is 9.42. The number of aliphatic hydroxyl groups excluding tert-OH is 2. The topological polar surface area (TPSA) is 99.9 Å². The van der Waals surface area contributed by atoms with E-state index in [0.29, 0.717) is 40.9 Å². The Morgan fingerprint density at radius 3 is 2.54 bits per heavy atom. The van der Waals surface area contributed by atoms with Gasteiger partial charge in [0.25, 0.3) is 0 Å². The van der Waals surface area contributed by atoms with Crippen molar-refractivity contribution in [2.45, 2.75) is 26.6 Å². The van der Waals surface area contributed by atoms with Gasteiger partial charge in [0, 0.05) is 58.8 Å². The number of rotatable bonds is 11. The molecule has 4 aromatic rings. The van der Waals surface area contributed by atoms with Crippen molar-refractivity contribution in [2.75, 3.05) is 31.6 Å². The summed E-state index contributed by atoms with van der Waals surface area (Å²) >= 11 is 13.6. The summed E-state index contributed by atoms with van der Waals surface area (Å²) in [6.07, 6.45) is 1.31. The van der Waals surface area contributed by atoms with Gasteiger partial charge in [-0.1, -0.05) is 23.2 Å². The Bertz CT molecular complexity index is 1350. The normalized spacial score (nSPS) is 11.4. The van der Waals surface area contributed by atoms with E-state index < -0.39 is 6.09 Å². The minimum Gasteiger partial charge on any atom is -0.444 e. The van der Waals surface area contributed by atoms with Crippen LogP contribution in [-0.4, -0.2) is 57.1 Å². The van der Waals surface area contributed by atoms with E-state index in [9.17, 15) is 15.0 Å². The molecule has 1 amide bonds. The zero-order valence-electron chi connectivity index (χ0n) is 20.3. The lowest BCUT2D eigenvalue weighted by atomic mass is 10.1. The summed E-state index contributed by atoms with van der Waals surface area (Å²) in [5.41, 5.74) is 4.12. The van der Waals surface area contributed by atoms with Crippen molar-refractivity contribution >= 4 is 57.2 Å². The maximum atomic E-state index is 12.6. The number of hydrogen-bond acceptors (Lipinski definition) is 7. The van der Waals surface area contributed by atoms with Crippen molar-refractivity contribution in [1.82, 2.24) is 14.5 Å². The van der Waals surface area contributed by atoms with Gasteiger partial charge in [-0.2, -0.15) is 0 Å². The predicted octanol–water partition coefficient (Wildman–Crippen LogP) is 5.63. The van der Waals surface area contributed by atoms with Gasteiger partial charge in [0.15, 0.2) is 0 Å². The second-order valence-electron chi connectivity index (χ2n) is 8.41. The molecule has 8 nitrogen and oxygen atoms in total. The number of aliphatic hydroxyl groups is 2. The highest BCUT2D eigenvalue weighted by atomic mass is 35.5. The van der Waals surface area contributed by atoms with Gasteiger partial charge in [0.1, 0.15) is 11.6 Å². The number of halogens is 2. The number of aromatic nitrogens is 2. The molecule has 0 saturated heterocycles. The molecule has 0 unspecified atom stereocenters. The number of benzene rings is 2. The third kappa shape index (κ3) is 7.01. The Labute approximate surface area is 229 Å². The molecule has 4 rings (SSSR count). The highest BCUT2D eigenvalue weighted by Crippen LogP contribution is 2.33. The van der Waals surface area contributed by atoms with Crippen LogP contribution in [0.25, 0.3) is 21.5 Å². The quantitative estimate of drug-likeness (QED) is 0.219. The minimum atomic E-state index is -0.582. The zero-order chi connectivity index (χ0) is 26.4. The summed E-state index contributed by atoms with van der Waals surface area (Å²) in [5.74, 6) is 0. The van der Waals surface area contributed by atoms with Gasteiger partial charge < -0.3 is 19.5 Å². The van der Waals surface area contributed by atoms with Crippen molar-refractivity contribution in [3.8, 4) is 10.6 Å². The first-order valence-corrected chi connectivity index (χ1v) is 13.4. The number of carbonyl (C=O) groups is 1. The van der Waals surface area contributed by atoms with Crippen LogP contribution >= 0.6 is 34.5 Å². The van der Waals surface area contributed by atoms with Crippen LogP contribution in [0, 0.1) is 0 Å². The first-order chi connectivity index (χ1) is 17.9. The van der Waals surface area contributed by atoms with Gasteiger partial charge in [-0.05, 0) is 48.9 Å². The molecule has 0 bridgehead atoms. The summed E-state index contributed by atoms with van der Waals surface area (Å²) in [6, 6.07) is 11.1. The second-order valence-corrected chi connectivity index (χ2v) is 10.1. The van der Waals surface area contributed by atoms with Crippen LogP contribution < -0.4 is 5.32 Å². The van der Waals surface area contributed by atoms with E-state index in [-0.39, 0.29) is 19.8 Å². The van der Waals surface area contributed by atoms with E-state index in [2.05, 4.69) is 9.88 Å². The Morgan fingerprint density at radius 2 is 1.86 bits per heavy atom. The molecule has 2 aromatic heterocycles. The molecular weight excluding hydrogens is 535 g/mol. The molecule has 0 atom stereocenters. The molecule has 0 spiro atoms. The fourth-order valence-corrected chi connectivity index (χ4v) is 5.45. The van der Waals surface area contributed by atoms with Crippen molar-refractivity contribution < 1.29 is 19.7 Å². The average molecular weight is 564 g/mol. The molecule has 2 aromatic carbocycles. The highest BCUT2D eigenvalue weighted by Gasteiger charge is 2.15. The van der Waals surface area contributed by atoms with Crippen LogP contribution in [-0.2, 0) is 24.4 Å². The molecule has 196 valence electrons. The van der Waals surface area contributed by atoms with E-state index in [1.54, 1.807) is 18.2 Å². The van der Waals surface area contributed by atoms with E-state index >= 15 is 0 Å². The molecule has 11 heteroatoms. The number of aryl methyl sites for hydroxylation is 1. The summed E-state index contributed by atoms with van der Waals surface area (Å²) in [6.45, 7) is 4.34. The lowest BCUT2D eigenvalue weighted by Gasteiger charge is -2.18. The van der Waals surface area contributed by atoms with Crippen LogP contribution in [0.3, 0.4) is 0 Å². The molecule has 0 aliphatic carbocycles. The van der Waals surface area contributed by atoms with E-state index in [1.165, 1.54) is 11.3 Å². The average Bonchev–Trinajstić information content (AvgIpc) is 3.47. The maximum Gasteiger partial charge on any atom is 0.412 e. The van der Waals surface area contributed by atoms with Gasteiger partial charge >= 0.3 is 6.09 Å². The van der Waals surface area contributed by atoms with Gasteiger partial charge in [-0.3, -0.25) is 10.2 Å². The molecule has 0 aliphatic rings.